The minimum absolute atomic E-state index is 0.600. The molecule has 0 amide bonds. The summed E-state index contributed by atoms with van der Waals surface area (Å²) in [6.07, 6.45) is 0. The Bertz CT molecular complexity index is 548. The first kappa shape index (κ1) is 12.6. The molecule has 4 nitrogen and oxygen atoms in total. The molecule has 0 aliphatic carbocycles. The molecule has 2 N–H and O–H groups in total. The molecule has 0 saturated heterocycles. The maximum atomic E-state index is 10.7. The highest BCUT2D eigenvalue weighted by Gasteiger charge is 2.10. The maximum Gasteiger partial charge on any atom is 0.325 e. The largest absolute Gasteiger partial charge is 0.480 e. The number of nitrogens with one attached hydrogen (secondary N) is 1. The van der Waals surface area contributed by atoms with E-state index in [-0.39, 0.29) is 0 Å². The van der Waals surface area contributed by atoms with Crippen molar-refractivity contribution in [3.8, 4) is 11.3 Å². The highest BCUT2D eigenvalue weighted by molar-refractivity contribution is 7.09. The van der Waals surface area contributed by atoms with Gasteiger partial charge in [-0.25, -0.2) is 4.98 Å². The monoisotopic (exact) mass is 262 g/mol. The number of aryl methyl sites for hydroxylation is 1. The molecule has 1 atom stereocenters. The molecule has 0 aliphatic heterocycles. The number of benzene rings is 1. The number of aliphatic carboxylic acids is 1. The van der Waals surface area contributed by atoms with Crippen LogP contribution in [0.5, 0.6) is 0 Å². The minimum Gasteiger partial charge on any atom is -0.480 e. The summed E-state index contributed by atoms with van der Waals surface area (Å²) in [6.45, 7) is 3.58. The van der Waals surface area contributed by atoms with E-state index in [0.29, 0.717) is 0 Å². The van der Waals surface area contributed by atoms with E-state index in [0.717, 1.165) is 22.0 Å². The smallest absolute Gasteiger partial charge is 0.325 e. The predicted molar refractivity (Wildman–Crippen MR) is 73.0 cm³/mol. The molecule has 0 spiro atoms. The number of rotatable bonds is 4. The van der Waals surface area contributed by atoms with Crippen molar-refractivity contribution in [2.24, 2.45) is 0 Å². The van der Waals surface area contributed by atoms with E-state index >= 15 is 0 Å². The number of hydrogen-bond acceptors (Lipinski definition) is 4. The van der Waals surface area contributed by atoms with Crippen LogP contribution in [-0.2, 0) is 4.79 Å². The molecule has 5 heteroatoms. The van der Waals surface area contributed by atoms with Crippen LogP contribution in [0.15, 0.2) is 29.6 Å². The fourth-order valence-electron chi connectivity index (χ4n) is 1.54. The van der Waals surface area contributed by atoms with Gasteiger partial charge in [0.2, 0.25) is 0 Å². The highest BCUT2D eigenvalue weighted by Crippen LogP contribution is 2.23. The number of anilines is 1. The molecule has 0 saturated carbocycles. The molecule has 2 aromatic rings. The molecule has 18 heavy (non-hydrogen) atoms. The Kier molecular flexibility index (Phi) is 3.62. The quantitative estimate of drug-likeness (QED) is 0.889. The average molecular weight is 262 g/mol. The summed E-state index contributed by atoms with van der Waals surface area (Å²) in [5.41, 5.74) is 2.78. The Morgan fingerprint density at radius 1 is 1.39 bits per heavy atom. The van der Waals surface area contributed by atoms with Gasteiger partial charge < -0.3 is 10.4 Å². The maximum absolute atomic E-state index is 10.7. The van der Waals surface area contributed by atoms with Crippen LogP contribution in [0.1, 0.15) is 11.9 Å². The predicted octanol–water partition coefficient (Wildman–Crippen LogP) is 3.00. The molecular weight excluding hydrogens is 248 g/mol. The third-order valence-corrected chi connectivity index (χ3v) is 3.33. The number of carboxylic acids is 1. The van der Waals surface area contributed by atoms with Gasteiger partial charge in [-0.2, -0.15) is 0 Å². The van der Waals surface area contributed by atoms with E-state index < -0.39 is 12.0 Å². The molecular formula is C13H14N2O2S. The van der Waals surface area contributed by atoms with Crippen LogP contribution in [0.3, 0.4) is 0 Å². The lowest BCUT2D eigenvalue weighted by molar-refractivity contribution is -0.137. The molecule has 1 unspecified atom stereocenters. The molecule has 1 aromatic carbocycles. The third-order valence-electron chi connectivity index (χ3n) is 2.55. The average Bonchev–Trinajstić information content (AvgIpc) is 2.76. The summed E-state index contributed by atoms with van der Waals surface area (Å²) in [5.74, 6) is -0.866. The standard InChI is InChI=1S/C13H14N2O2S/c1-8(13(16)17)14-11-5-3-10(4-6-11)12-7-18-9(2)15-12/h3-8,14H,1-2H3,(H,16,17). The fourth-order valence-corrected chi connectivity index (χ4v) is 2.17. The van der Waals surface area contributed by atoms with E-state index in [9.17, 15) is 4.79 Å². The van der Waals surface area contributed by atoms with Crippen LogP contribution in [0.2, 0.25) is 0 Å². The van der Waals surface area contributed by atoms with Crippen molar-refractivity contribution in [3.05, 3.63) is 34.7 Å². The molecule has 0 bridgehead atoms. The van der Waals surface area contributed by atoms with Gasteiger partial charge in [-0.3, -0.25) is 4.79 Å². The van der Waals surface area contributed by atoms with Crippen LogP contribution >= 0.6 is 11.3 Å². The first-order valence-electron chi connectivity index (χ1n) is 5.58. The van der Waals surface area contributed by atoms with Crippen molar-refractivity contribution in [2.75, 3.05) is 5.32 Å². The van der Waals surface area contributed by atoms with Gasteiger partial charge in [0.25, 0.3) is 0 Å². The third kappa shape index (κ3) is 2.87. The Hall–Kier alpha value is -1.88. The lowest BCUT2D eigenvalue weighted by Crippen LogP contribution is -2.25. The number of carbonyl (C=O) groups is 1. The number of hydrogen-bond donors (Lipinski definition) is 2. The second-order valence-electron chi connectivity index (χ2n) is 4.03. The Morgan fingerprint density at radius 3 is 2.56 bits per heavy atom. The van der Waals surface area contributed by atoms with Crippen molar-refractivity contribution < 1.29 is 9.90 Å². The van der Waals surface area contributed by atoms with Crippen molar-refractivity contribution in [1.82, 2.24) is 4.98 Å². The van der Waals surface area contributed by atoms with Gasteiger partial charge in [0.15, 0.2) is 0 Å². The number of thiazole rings is 1. The SMILES string of the molecule is Cc1nc(-c2ccc(NC(C)C(=O)O)cc2)cs1. The summed E-state index contributed by atoms with van der Waals surface area (Å²) in [4.78, 5) is 15.1. The van der Waals surface area contributed by atoms with Gasteiger partial charge in [0.1, 0.15) is 6.04 Å². The first-order valence-corrected chi connectivity index (χ1v) is 6.46. The van der Waals surface area contributed by atoms with Crippen LogP contribution < -0.4 is 5.32 Å². The normalized spacial score (nSPS) is 12.1. The zero-order chi connectivity index (χ0) is 13.1. The Labute approximate surface area is 109 Å². The minimum atomic E-state index is -0.866. The van der Waals surface area contributed by atoms with Crippen molar-refractivity contribution in [3.63, 3.8) is 0 Å². The summed E-state index contributed by atoms with van der Waals surface area (Å²) in [6, 6.07) is 7.00. The molecule has 0 radical (unpaired) electrons. The zero-order valence-corrected chi connectivity index (χ0v) is 11.0. The lowest BCUT2D eigenvalue weighted by Gasteiger charge is -2.10. The van der Waals surface area contributed by atoms with E-state index in [4.69, 9.17) is 5.11 Å². The van der Waals surface area contributed by atoms with E-state index in [1.807, 2.05) is 36.6 Å². The van der Waals surface area contributed by atoms with Gasteiger partial charge >= 0.3 is 5.97 Å². The fraction of sp³-hybridized carbons (Fsp3) is 0.231. The summed E-state index contributed by atoms with van der Waals surface area (Å²) < 4.78 is 0. The number of nitrogens with zero attached hydrogens (tertiary/aromatic N) is 1. The molecule has 1 heterocycles. The topological polar surface area (TPSA) is 62.2 Å². The second kappa shape index (κ2) is 5.18. The van der Waals surface area contributed by atoms with Gasteiger partial charge in [0, 0.05) is 16.6 Å². The van der Waals surface area contributed by atoms with Gasteiger partial charge in [-0.15, -0.1) is 11.3 Å². The Balaban J connectivity index is 2.13. The molecule has 0 fully saturated rings. The molecule has 1 aromatic heterocycles. The summed E-state index contributed by atoms with van der Waals surface area (Å²) in [7, 11) is 0. The van der Waals surface area contributed by atoms with Crippen LogP contribution in [0, 0.1) is 6.92 Å². The molecule has 0 aliphatic rings. The Morgan fingerprint density at radius 2 is 2.06 bits per heavy atom. The number of aromatic nitrogens is 1. The van der Waals surface area contributed by atoms with Crippen molar-refractivity contribution in [1.29, 1.82) is 0 Å². The van der Waals surface area contributed by atoms with Crippen LogP contribution in [-0.4, -0.2) is 22.1 Å². The lowest BCUT2D eigenvalue weighted by atomic mass is 10.1. The van der Waals surface area contributed by atoms with E-state index in [1.54, 1.807) is 18.3 Å². The first-order chi connectivity index (χ1) is 8.56. The summed E-state index contributed by atoms with van der Waals surface area (Å²) >= 11 is 1.61. The van der Waals surface area contributed by atoms with Crippen LogP contribution in [0.25, 0.3) is 11.3 Å². The van der Waals surface area contributed by atoms with E-state index in [1.165, 1.54) is 0 Å². The zero-order valence-electron chi connectivity index (χ0n) is 10.2. The summed E-state index contributed by atoms with van der Waals surface area (Å²) in [5, 5.41) is 14.8. The van der Waals surface area contributed by atoms with Gasteiger partial charge in [-0.05, 0) is 26.0 Å². The van der Waals surface area contributed by atoms with Gasteiger partial charge in [-0.1, -0.05) is 12.1 Å². The van der Waals surface area contributed by atoms with Crippen molar-refractivity contribution in [2.45, 2.75) is 19.9 Å². The second-order valence-corrected chi connectivity index (χ2v) is 5.10. The molecule has 94 valence electrons. The molecule has 2 rings (SSSR count). The van der Waals surface area contributed by atoms with Gasteiger partial charge in [0.05, 0.1) is 10.7 Å². The van der Waals surface area contributed by atoms with E-state index in [2.05, 4.69) is 10.3 Å². The number of carboxylic acid groups (broad SMARTS) is 1. The highest BCUT2D eigenvalue weighted by atomic mass is 32.1. The van der Waals surface area contributed by atoms with Crippen LogP contribution in [0.4, 0.5) is 5.69 Å². The van der Waals surface area contributed by atoms with Crippen molar-refractivity contribution >= 4 is 23.0 Å².